The van der Waals surface area contributed by atoms with Crippen LogP contribution in [0.4, 0.5) is 11.4 Å². The van der Waals surface area contributed by atoms with Crippen LogP contribution in [0.25, 0.3) is 0 Å². The Hall–Kier alpha value is -1.58. The molecule has 1 aliphatic rings. The molecular weight excluding hydrogens is 440 g/mol. The lowest BCUT2D eigenvalue weighted by molar-refractivity contribution is 0.280. The molecule has 6 nitrogen and oxygen atoms in total. The lowest BCUT2D eigenvalue weighted by Gasteiger charge is -2.39. The largest absolute Gasteiger partial charge is 0.370 e. The molecule has 3 rings (SSSR count). The van der Waals surface area contributed by atoms with E-state index in [0.29, 0.717) is 5.69 Å². The first-order chi connectivity index (χ1) is 13.8. The lowest BCUT2D eigenvalue weighted by atomic mass is 9.82. The Morgan fingerprint density at radius 1 is 1.00 bits per heavy atom. The van der Waals surface area contributed by atoms with Crippen molar-refractivity contribution >= 4 is 42.6 Å². The van der Waals surface area contributed by atoms with Gasteiger partial charge in [0.15, 0.2) is 9.84 Å². The summed E-state index contributed by atoms with van der Waals surface area (Å²) >= 11 is 0.788. The van der Waals surface area contributed by atoms with Crippen LogP contribution in [0.3, 0.4) is 0 Å². The summed E-state index contributed by atoms with van der Waals surface area (Å²) in [7, 11) is -7.42. The molecule has 1 aliphatic heterocycles. The molecule has 166 valence electrons. The molecule has 30 heavy (non-hydrogen) atoms. The van der Waals surface area contributed by atoms with E-state index in [1.807, 2.05) is 19.1 Å². The maximum absolute atomic E-state index is 13.0. The fraction of sp³-hybridized carbons (Fsp3) is 0.524. The topological polar surface area (TPSA) is 83.5 Å². The zero-order chi connectivity index (χ0) is 22.3. The van der Waals surface area contributed by atoms with Gasteiger partial charge in [0, 0.05) is 13.1 Å². The number of aryl methyl sites for hydroxylation is 1. The Morgan fingerprint density at radius 3 is 2.20 bits per heavy atom. The number of rotatable bonds is 6. The summed E-state index contributed by atoms with van der Waals surface area (Å²) in [4.78, 5) is 2.24. The predicted molar refractivity (Wildman–Crippen MR) is 124 cm³/mol. The number of nitrogens with one attached hydrogen (secondary N) is 1. The predicted octanol–water partition coefficient (Wildman–Crippen LogP) is 4.67. The number of piperidine rings is 1. The van der Waals surface area contributed by atoms with Gasteiger partial charge >= 0.3 is 0 Å². The summed E-state index contributed by atoms with van der Waals surface area (Å²) in [6.45, 7) is 11.4. The average Bonchev–Trinajstić information content (AvgIpc) is 3.14. The van der Waals surface area contributed by atoms with Crippen LogP contribution in [0.2, 0.25) is 0 Å². The van der Waals surface area contributed by atoms with E-state index in [9.17, 15) is 16.8 Å². The highest BCUT2D eigenvalue weighted by Gasteiger charge is 2.29. The van der Waals surface area contributed by atoms with Crippen molar-refractivity contribution in [2.45, 2.75) is 61.1 Å². The average molecular weight is 471 g/mol. The summed E-state index contributed by atoms with van der Waals surface area (Å²) in [5.41, 5.74) is 2.71. The highest BCUT2D eigenvalue weighted by Crippen LogP contribution is 2.38. The molecule has 0 amide bonds. The molecule has 0 bridgehead atoms. The third kappa shape index (κ3) is 4.68. The minimum Gasteiger partial charge on any atom is -0.370 e. The Balaban J connectivity index is 1.92. The molecule has 0 radical (unpaired) electrons. The molecule has 1 N–H and O–H groups in total. The van der Waals surface area contributed by atoms with Crippen molar-refractivity contribution in [3.05, 3.63) is 35.9 Å². The number of thiophene rings is 1. The number of para-hydroxylation sites is 1. The van der Waals surface area contributed by atoms with Crippen molar-refractivity contribution < 1.29 is 16.8 Å². The van der Waals surface area contributed by atoms with E-state index in [2.05, 4.69) is 23.5 Å². The fourth-order valence-corrected chi connectivity index (χ4v) is 7.82. The number of hydrogen-bond acceptors (Lipinski definition) is 6. The van der Waals surface area contributed by atoms with Gasteiger partial charge in [0.2, 0.25) is 0 Å². The summed E-state index contributed by atoms with van der Waals surface area (Å²) in [5, 5.41) is -0.605. The molecule has 1 saturated heterocycles. The normalized spacial score (nSPS) is 17.3. The first kappa shape index (κ1) is 23.1. The van der Waals surface area contributed by atoms with Gasteiger partial charge < -0.3 is 4.90 Å². The number of hydrogen-bond donors (Lipinski definition) is 1. The smallest absolute Gasteiger partial charge is 0.271 e. The van der Waals surface area contributed by atoms with E-state index >= 15 is 0 Å². The first-order valence-corrected chi connectivity index (χ1v) is 13.9. The molecule has 2 heterocycles. The van der Waals surface area contributed by atoms with E-state index in [4.69, 9.17) is 0 Å². The number of sulfone groups is 1. The second-order valence-electron chi connectivity index (χ2n) is 8.90. The second-order valence-corrected chi connectivity index (χ2v) is 14.6. The van der Waals surface area contributed by atoms with Crippen LogP contribution in [-0.2, 0) is 19.9 Å². The summed E-state index contributed by atoms with van der Waals surface area (Å²) in [6, 6.07) is 8.30. The van der Waals surface area contributed by atoms with E-state index < -0.39 is 25.1 Å². The Morgan fingerprint density at radius 2 is 1.60 bits per heavy atom. The van der Waals surface area contributed by atoms with Crippen molar-refractivity contribution in [1.29, 1.82) is 0 Å². The summed E-state index contributed by atoms with van der Waals surface area (Å²) in [5.74, 6) is 0. The zero-order valence-corrected chi connectivity index (χ0v) is 20.5. The van der Waals surface area contributed by atoms with Gasteiger partial charge in [0.25, 0.3) is 10.0 Å². The van der Waals surface area contributed by atoms with Gasteiger partial charge in [0.1, 0.15) is 8.42 Å². The van der Waals surface area contributed by atoms with Crippen molar-refractivity contribution in [3.8, 4) is 0 Å². The van der Waals surface area contributed by atoms with E-state index in [-0.39, 0.29) is 13.8 Å². The monoisotopic (exact) mass is 470 g/mol. The second kappa shape index (κ2) is 8.16. The maximum Gasteiger partial charge on any atom is 0.271 e. The van der Waals surface area contributed by atoms with Gasteiger partial charge in [-0.3, -0.25) is 4.72 Å². The van der Waals surface area contributed by atoms with Crippen LogP contribution in [0, 0.1) is 12.3 Å². The fourth-order valence-electron chi connectivity index (χ4n) is 3.52. The molecule has 1 aromatic carbocycles. The maximum atomic E-state index is 13.0. The van der Waals surface area contributed by atoms with Crippen LogP contribution in [0.1, 0.15) is 46.1 Å². The first-order valence-electron chi connectivity index (χ1n) is 10.0. The molecule has 1 aromatic heterocycles. The number of benzene rings is 1. The molecule has 0 saturated carbocycles. The standard InChI is InChI=1S/C21H30N2O4S3/c1-15(2)29(24,25)18-9-10-19(28-18)30(26,27)22-17-8-6-7-16(3)20(17)23-13-11-21(4,5)12-14-23/h6-10,15,22H,11-14H2,1-5H3. The minimum absolute atomic E-state index is 0.00559. The van der Waals surface area contributed by atoms with Gasteiger partial charge in [-0.05, 0) is 62.8 Å². The summed E-state index contributed by atoms with van der Waals surface area (Å²) < 4.78 is 53.6. The van der Waals surface area contributed by atoms with E-state index in [1.54, 1.807) is 19.9 Å². The van der Waals surface area contributed by atoms with Gasteiger partial charge in [-0.1, -0.05) is 26.0 Å². The molecule has 0 spiro atoms. The molecule has 1 fully saturated rings. The Kier molecular flexibility index (Phi) is 6.28. The Labute approximate surface area is 184 Å². The number of sulfonamides is 1. The highest BCUT2D eigenvalue weighted by atomic mass is 32.3. The lowest BCUT2D eigenvalue weighted by Crippen LogP contribution is -2.38. The summed E-state index contributed by atoms with van der Waals surface area (Å²) in [6.07, 6.45) is 2.07. The molecule has 2 aromatic rings. The molecule has 9 heteroatoms. The van der Waals surface area contributed by atoms with Crippen molar-refractivity contribution in [2.75, 3.05) is 22.7 Å². The van der Waals surface area contributed by atoms with Gasteiger partial charge in [-0.25, -0.2) is 16.8 Å². The van der Waals surface area contributed by atoms with Crippen LogP contribution < -0.4 is 9.62 Å². The highest BCUT2D eigenvalue weighted by molar-refractivity contribution is 7.96. The number of anilines is 2. The quantitative estimate of drug-likeness (QED) is 0.663. The third-order valence-electron chi connectivity index (χ3n) is 5.64. The minimum atomic E-state index is -3.90. The van der Waals surface area contributed by atoms with E-state index in [1.165, 1.54) is 12.1 Å². The van der Waals surface area contributed by atoms with Crippen LogP contribution in [-0.4, -0.2) is 35.2 Å². The van der Waals surface area contributed by atoms with Crippen molar-refractivity contribution in [2.24, 2.45) is 5.41 Å². The van der Waals surface area contributed by atoms with Gasteiger partial charge in [-0.2, -0.15) is 0 Å². The Bertz CT molecular complexity index is 1120. The van der Waals surface area contributed by atoms with E-state index in [0.717, 1.165) is 48.5 Å². The molecule has 0 unspecified atom stereocenters. The SMILES string of the molecule is Cc1cccc(NS(=O)(=O)c2ccc(S(=O)(=O)C(C)C)s2)c1N1CCC(C)(C)CC1. The van der Waals surface area contributed by atoms with Gasteiger partial charge in [-0.15, -0.1) is 11.3 Å². The van der Waals surface area contributed by atoms with Crippen LogP contribution >= 0.6 is 11.3 Å². The third-order valence-corrected chi connectivity index (χ3v) is 11.3. The zero-order valence-electron chi connectivity index (χ0n) is 18.1. The molecular formula is C21H30N2O4S3. The van der Waals surface area contributed by atoms with Crippen molar-refractivity contribution in [1.82, 2.24) is 0 Å². The van der Waals surface area contributed by atoms with Gasteiger partial charge in [0.05, 0.1) is 16.6 Å². The van der Waals surface area contributed by atoms with Crippen LogP contribution in [0.15, 0.2) is 38.8 Å². The van der Waals surface area contributed by atoms with Crippen molar-refractivity contribution in [3.63, 3.8) is 0 Å². The molecule has 0 atom stereocenters. The van der Waals surface area contributed by atoms with Crippen LogP contribution in [0.5, 0.6) is 0 Å². The molecule has 0 aliphatic carbocycles. The number of nitrogens with zero attached hydrogens (tertiary/aromatic N) is 1.